The van der Waals surface area contributed by atoms with Crippen molar-refractivity contribution in [3.8, 4) is 0 Å². The topological polar surface area (TPSA) is 74.2 Å². The summed E-state index contributed by atoms with van der Waals surface area (Å²) in [6.07, 6.45) is 5.22. The minimum atomic E-state index is -0.242. The summed E-state index contributed by atoms with van der Waals surface area (Å²) in [4.78, 5) is 15.1. The molecule has 1 amide bonds. The van der Waals surface area contributed by atoms with Gasteiger partial charge in [0.05, 0.1) is 11.7 Å². The van der Waals surface area contributed by atoms with Crippen molar-refractivity contribution in [3.63, 3.8) is 0 Å². The predicted molar refractivity (Wildman–Crippen MR) is 105 cm³/mol. The molecule has 0 saturated carbocycles. The highest BCUT2D eigenvalue weighted by molar-refractivity contribution is 5.82. The van der Waals surface area contributed by atoms with Crippen molar-refractivity contribution in [2.45, 2.75) is 44.8 Å². The second-order valence-corrected chi connectivity index (χ2v) is 7.51. The van der Waals surface area contributed by atoms with Crippen molar-refractivity contribution in [1.29, 1.82) is 0 Å². The number of nitrogens with zero attached hydrogens (tertiary/aromatic N) is 3. The lowest BCUT2D eigenvalue weighted by atomic mass is 10.0. The van der Waals surface area contributed by atoms with Crippen molar-refractivity contribution >= 4 is 11.6 Å². The third kappa shape index (κ3) is 3.84. The van der Waals surface area contributed by atoms with Crippen molar-refractivity contribution in [1.82, 2.24) is 25.9 Å². The molecule has 7 nitrogen and oxygen atoms in total. The molecule has 3 heterocycles. The third-order valence-corrected chi connectivity index (χ3v) is 5.54. The van der Waals surface area contributed by atoms with Crippen molar-refractivity contribution in [2.75, 3.05) is 18.0 Å². The second-order valence-electron chi connectivity index (χ2n) is 7.51. The van der Waals surface area contributed by atoms with Gasteiger partial charge in [-0.05, 0) is 37.8 Å². The summed E-state index contributed by atoms with van der Waals surface area (Å²) in [5.41, 5.74) is 10.9. The van der Waals surface area contributed by atoms with Crippen LogP contribution in [0.15, 0.2) is 30.5 Å². The van der Waals surface area contributed by atoms with Gasteiger partial charge in [0.1, 0.15) is 6.04 Å². The fourth-order valence-electron chi connectivity index (χ4n) is 4.12. The van der Waals surface area contributed by atoms with Gasteiger partial charge in [-0.3, -0.25) is 9.48 Å². The van der Waals surface area contributed by atoms with Crippen molar-refractivity contribution in [3.05, 3.63) is 47.3 Å². The number of hydrogen-bond donors (Lipinski definition) is 3. The molecule has 1 aromatic carbocycles. The number of amides is 1. The van der Waals surface area contributed by atoms with Gasteiger partial charge < -0.3 is 10.2 Å². The summed E-state index contributed by atoms with van der Waals surface area (Å²) in [5, 5.41) is 7.50. The number of hydrazine groups is 1. The van der Waals surface area contributed by atoms with Crippen LogP contribution in [0.4, 0.5) is 5.69 Å². The molecule has 4 rings (SSSR count). The highest BCUT2D eigenvalue weighted by atomic mass is 16.2. The minimum absolute atomic E-state index is 0.0303. The smallest absolute Gasteiger partial charge is 0.238 e. The molecule has 2 aliphatic rings. The van der Waals surface area contributed by atoms with Crippen LogP contribution in [0.3, 0.4) is 0 Å². The van der Waals surface area contributed by atoms with Gasteiger partial charge in [0, 0.05) is 44.1 Å². The molecule has 2 unspecified atom stereocenters. The van der Waals surface area contributed by atoms with E-state index in [1.54, 1.807) is 0 Å². The maximum Gasteiger partial charge on any atom is 0.238 e. The molecule has 144 valence electrons. The van der Waals surface area contributed by atoms with E-state index in [0.717, 1.165) is 24.3 Å². The number of rotatable bonds is 5. The molecular formula is C20H28N6O. The molecule has 7 heteroatoms. The van der Waals surface area contributed by atoms with Crippen LogP contribution in [0.25, 0.3) is 0 Å². The summed E-state index contributed by atoms with van der Waals surface area (Å²) in [6.45, 7) is 4.76. The van der Waals surface area contributed by atoms with Crippen LogP contribution in [0.2, 0.25) is 0 Å². The molecule has 2 saturated heterocycles. The Bertz CT molecular complexity index is 811. The molecule has 0 bridgehead atoms. The molecule has 2 aromatic rings. The van der Waals surface area contributed by atoms with Crippen LogP contribution >= 0.6 is 0 Å². The fourth-order valence-corrected chi connectivity index (χ4v) is 4.12. The predicted octanol–water partition coefficient (Wildman–Crippen LogP) is 1.55. The lowest BCUT2D eigenvalue weighted by molar-refractivity contribution is -0.123. The number of nitrogens with one attached hydrogen (secondary N) is 3. The molecule has 2 atom stereocenters. The van der Waals surface area contributed by atoms with Crippen LogP contribution in [-0.4, -0.2) is 34.8 Å². The number of anilines is 1. The van der Waals surface area contributed by atoms with E-state index in [0.29, 0.717) is 13.0 Å². The van der Waals surface area contributed by atoms with E-state index < -0.39 is 0 Å². The number of benzene rings is 1. The number of carbonyl (C=O) groups excluding carboxylic acids is 1. The first kappa shape index (κ1) is 18.0. The molecule has 1 aromatic heterocycles. The van der Waals surface area contributed by atoms with Gasteiger partial charge in [0.2, 0.25) is 5.91 Å². The molecule has 27 heavy (non-hydrogen) atoms. The van der Waals surface area contributed by atoms with Gasteiger partial charge in [-0.1, -0.05) is 18.2 Å². The highest BCUT2D eigenvalue weighted by Gasteiger charge is 2.31. The van der Waals surface area contributed by atoms with Gasteiger partial charge in [-0.25, -0.2) is 10.9 Å². The van der Waals surface area contributed by atoms with Crippen LogP contribution in [-0.2, 0) is 18.4 Å². The number of aromatic nitrogens is 2. The Hall–Kier alpha value is -2.38. The van der Waals surface area contributed by atoms with Gasteiger partial charge in [0.15, 0.2) is 0 Å². The Kier molecular flexibility index (Phi) is 5.13. The van der Waals surface area contributed by atoms with Crippen molar-refractivity contribution in [2.24, 2.45) is 7.05 Å². The molecule has 0 radical (unpaired) electrons. The van der Waals surface area contributed by atoms with E-state index in [1.807, 2.05) is 30.9 Å². The first-order valence-corrected chi connectivity index (χ1v) is 9.73. The summed E-state index contributed by atoms with van der Waals surface area (Å²) in [6, 6.07) is 8.24. The Labute approximate surface area is 160 Å². The quantitative estimate of drug-likeness (QED) is 0.747. The molecule has 0 aliphatic carbocycles. The number of carbonyl (C=O) groups is 1. The molecule has 2 aliphatic heterocycles. The van der Waals surface area contributed by atoms with Crippen LogP contribution in [0.1, 0.15) is 42.1 Å². The summed E-state index contributed by atoms with van der Waals surface area (Å²) in [7, 11) is 1.92. The Morgan fingerprint density at radius 3 is 2.78 bits per heavy atom. The van der Waals surface area contributed by atoms with E-state index in [2.05, 4.69) is 44.4 Å². The Morgan fingerprint density at radius 1 is 1.26 bits per heavy atom. The molecular weight excluding hydrogens is 340 g/mol. The van der Waals surface area contributed by atoms with Crippen LogP contribution in [0.5, 0.6) is 0 Å². The highest BCUT2D eigenvalue weighted by Crippen LogP contribution is 2.26. The number of hydrogen-bond acceptors (Lipinski definition) is 5. The zero-order chi connectivity index (χ0) is 18.8. The summed E-state index contributed by atoms with van der Waals surface area (Å²) in [5.74, 6) is 0.0303. The molecule has 2 fully saturated rings. The number of para-hydroxylation sites is 1. The SMILES string of the molecule is Cc1nn(C)cc1C1CC(C(=O)NCc2ccccc2N2CCCC2)NN1. The van der Waals surface area contributed by atoms with Crippen molar-refractivity contribution < 1.29 is 4.79 Å². The standard InChI is InChI=1S/C20H28N6O/c1-14-16(13-25(2)24-14)17-11-18(23-22-17)20(27)21-12-15-7-3-4-8-19(15)26-9-5-6-10-26/h3-4,7-8,13,17-18,22-23H,5-6,9-12H2,1-2H3,(H,21,27). The molecule has 0 spiro atoms. The first-order chi connectivity index (χ1) is 13.1. The Morgan fingerprint density at radius 2 is 2.04 bits per heavy atom. The van der Waals surface area contributed by atoms with Gasteiger partial charge in [-0.15, -0.1) is 0 Å². The van der Waals surface area contributed by atoms with Gasteiger partial charge in [0.25, 0.3) is 0 Å². The monoisotopic (exact) mass is 368 g/mol. The zero-order valence-electron chi connectivity index (χ0n) is 16.0. The van der Waals surface area contributed by atoms with E-state index in [1.165, 1.54) is 24.1 Å². The zero-order valence-corrected chi connectivity index (χ0v) is 16.0. The fraction of sp³-hybridized carbons (Fsp3) is 0.500. The normalized spacial score (nSPS) is 22.4. The number of aryl methyl sites for hydroxylation is 2. The van der Waals surface area contributed by atoms with Crippen LogP contribution in [0, 0.1) is 6.92 Å². The van der Waals surface area contributed by atoms with Gasteiger partial charge in [-0.2, -0.15) is 5.10 Å². The maximum absolute atomic E-state index is 12.7. The third-order valence-electron chi connectivity index (χ3n) is 5.54. The molecule has 3 N–H and O–H groups in total. The minimum Gasteiger partial charge on any atom is -0.371 e. The first-order valence-electron chi connectivity index (χ1n) is 9.73. The Balaban J connectivity index is 1.36. The summed E-state index contributed by atoms with van der Waals surface area (Å²) < 4.78 is 1.81. The van der Waals surface area contributed by atoms with E-state index >= 15 is 0 Å². The second kappa shape index (κ2) is 7.70. The van der Waals surface area contributed by atoms with Gasteiger partial charge >= 0.3 is 0 Å². The largest absolute Gasteiger partial charge is 0.371 e. The average Bonchev–Trinajstić information content (AvgIpc) is 3.41. The van der Waals surface area contributed by atoms with Crippen LogP contribution < -0.4 is 21.1 Å². The van der Waals surface area contributed by atoms with E-state index in [9.17, 15) is 4.79 Å². The average molecular weight is 368 g/mol. The lowest BCUT2D eigenvalue weighted by Gasteiger charge is -2.22. The van der Waals surface area contributed by atoms with E-state index in [-0.39, 0.29) is 18.0 Å². The lowest BCUT2D eigenvalue weighted by Crippen LogP contribution is -2.43. The summed E-state index contributed by atoms with van der Waals surface area (Å²) >= 11 is 0. The van der Waals surface area contributed by atoms with E-state index in [4.69, 9.17) is 0 Å². The maximum atomic E-state index is 12.7.